The molecule has 1 amide bonds. The number of aromatic nitrogens is 2. The number of nitrogens with zero attached hydrogens (tertiary/aromatic N) is 2. The summed E-state index contributed by atoms with van der Waals surface area (Å²) >= 11 is 4.81. The summed E-state index contributed by atoms with van der Waals surface area (Å²) in [5, 5.41) is 6.55. The third kappa shape index (κ3) is 3.78. The van der Waals surface area contributed by atoms with E-state index >= 15 is 0 Å². The van der Waals surface area contributed by atoms with Gasteiger partial charge in [0, 0.05) is 26.2 Å². The van der Waals surface area contributed by atoms with Crippen LogP contribution in [0.1, 0.15) is 0 Å². The fraction of sp³-hybridized carbons (Fsp3) is 0.0417. The molecule has 5 nitrogen and oxygen atoms in total. The molecule has 0 aliphatic carbocycles. The third-order valence-electron chi connectivity index (χ3n) is 5.07. The highest BCUT2D eigenvalue weighted by Crippen LogP contribution is 2.26. The number of rotatable bonds is 4. The number of thiazole rings is 1. The first-order chi connectivity index (χ1) is 15.1. The van der Waals surface area contributed by atoms with Crippen LogP contribution in [0.15, 0.2) is 87.4 Å². The molecule has 0 unspecified atom stereocenters. The summed E-state index contributed by atoms with van der Waals surface area (Å²) in [7, 11) is 0. The Kier molecular flexibility index (Phi) is 5.13. The molecule has 5 aromatic rings. The van der Waals surface area contributed by atoms with Crippen LogP contribution in [0.3, 0.4) is 0 Å². The maximum absolute atomic E-state index is 12.9. The molecule has 0 aliphatic heterocycles. The maximum Gasteiger partial charge on any atom is 0.246 e. The zero-order valence-corrected chi connectivity index (χ0v) is 18.6. The number of carbonyl (C=O) groups is 1. The Morgan fingerprint density at radius 2 is 1.55 bits per heavy atom. The smallest absolute Gasteiger partial charge is 0.246 e. The molecule has 0 atom stereocenters. The first-order valence-corrected chi connectivity index (χ1v) is 11.3. The number of hydrogen-bond donors (Lipinski definition) is 1. The van der Waals surface area contributed by atoms with Gasteiger partial charge in [0.2, 0.25) is 5.91 Å². The van der Waals surface area contributed by atoms with Crippen LogP contribution in [0.5, 0.6) is 0 Å². The summed E-state index contributed by atoms with van der Waals surface area (Å²) < 4.78 is 2.88. The van der Waals surface area contributed by atoms with E-state index in [0.29, 0.717) is 15.9 Å². The van der Waals surface area contributed by atoms with Gasteiger partial charge in [-0.3, -0.25) is 9.59 Å². The van der Waals surface area contributed by atoms with Gasteiger partial charge in [-0.25, -0.2) is 4.98 Å². The van der Waals surface area contributed by atoms with Crippen LogP contribution >= 0.6 is 27.3 Å². The summed E-state index contributed by atoms with van der Waals surface area (Å²) in [5.41, 5.74) is 3.23. The van der Waals surface area contributed by atoms with Crippen molar-refractivity contribution in [1.82, 2.24) is 9.55 Å². The lowest BCUT2D eigenvalue weighted by molar-refractivity contribution is -0.116. The number of anilines is 1. The van der Waals surface area contributed by atoms with Gasteiger partial charge in [0.15, 0.2) is 10.6 Å². The molecule has 0 saturated heterocycles. The number of nitrogens with one attached hydrogen (secondary N) is 1. The monoisotopic (exact) mass is 489 g/mol. The van der Waals surface area contributed by atoms with Gasteiger partial charge in [-0.15, -0.1) is 11.3 Å². The molecule has 0 fully saturated rings. The van der Waals surface area contributed by atoms with Crippen LogP contribution in [-0.2, 0) is 11.3 Å². The lowest BCUT2D eigenvalue weighted by Crippen LogP contribution is -2.21. The summed E-state index contributed by atoms with van der Waals surface area (Å²) in [6, 6.07) is 22.6. The molecule has 2 aromatic heterocycles. The Labute approximate surface area is 190 Å². The molecule has 0 radical (unpaired) electrons. The highest BCUT2D eigenvalue weighted by molar-refractivity contribution is 9.10. The van der Waals surface area contributed by atoms with E-state index in [1.807, 2.05) is 70.6 Å². The van der Waals surface area contributed by atoms with E-state index in [1.165, 1.54) is 11.3 Å². The van der Waals surface area contributed by atoms with Crippen LogP contribution in [0.2, 0.25) is 0 Å². The molecule has 2 heterocycles. The minimum Gasteiger partial charge on any atom is -0.331 e. The SMILES string of the molecule is O=C(Cn1c2ccccc2c(=O)c2ccccc21)Nc1nc(-c2ccc(Br)cc2)cs1. The minimum atomic E-state index is -0.198. The first kappa shape index (κ1) is 19.7. The van der Waals surface area contributed by atoms with Gasteiger partial charge < -0.3 is 9.88 Å². The average Bonchev–Trinajstić information content (AvgIpc) is 3.25. The lowest BCUT2D eigenvalue weighted by atomic mass is 10.1. The van der Waals surface area contributed by atoms with Crippen molar-refractivity contribution in [3.63, 3.8) is 0 Å². The Hall–Kier alpha value is -3.29. The lowest BCUT2D eigenvalue weighted by Gasteiger charge is -2.14. The van der Waals surface area contributed by atoms with E-state index in [2.05, 4.69) is 26.2 Å². The van der Waals surface area contributed by atoms with Gasteiger partial charge >= 0.3 is 0 Å². The molecule has 31 heavy (non-hydrogen) atoms. The van der Waals surface area contributed by atoms with Crippen molar-refractivity contribution in [2.45, 2.75) is 6.54 Å². The number of amides is 1. The molecule has 5 rings (SSSR count). The standard InChI is InChI=1S/C24H16BrN3O2S/c25-16-11-9-15(10-12-16)19-14-31-24(26-19)27-22(29)13-28-20-7-3-1-5-17(20)23(30)18-6-2-4-8-21(18)28/h1-12,14H,13H2,(H,26,27,29). The third-order valence-corrected chi connectivity index (χ3v) is 6.36. The zero-order valence-electron chi connectivity index (χ0n) is 16.2. The number of hydrogen-bond acceptors (Lipinski definition) is 4. The van der Waals surface area contributed by atoms with Crippen molar-refractivity contribution in [1.29, 1.82) is 0 Å². The summed E-state index contributed by atoms with van der Waals surface area (Å²) in [5.74, 6) is -0.198. The fourth-order valence-corrected chi connectivity index (χ4v) is 4.63. The van der Waals surface area contributed by atoms with Crippen LogP contribution < -0.4 is 10.7 Å². The Morgan fingerprint density at radius 1 is 0.935 bits per heavy atom. The highest BCUT2D eigenvalue weighted by Gasteiger charge is 2.14. The molecular weight excluding hydrogens is 474 g/mol. The summed E-state index contributed by atoms with van der Waals surface area (Å²) in [4.78, 5) is 30.3. The van der Waals surface area contributed by atoms with Crippen LogP contribution in [-0.4, -0.2) is 15.5 Å². The first-order valence-electron chi connectivity index (χ1n) is 9.62. The summed E-state index contributed by atoms with van der Waals surface area (Å²) in [6.07, 6.45) is 0. The highest BCUT2D eigenvalue weighted by atomic mass is 79.9. The number of carbonyl (C=O) groups excluding carboxylic acids is 1. The normalized spacial score (nSPS) is 11.1. The molecule has 1 N–H and O–H groups in total. The maximum atomic E-state index is 12.9. The molecular formula is C24H16BrN3O2S. The predicted molar refractivity (Wildman–Crippen MR) is 130 cm³/mol. The average molecular weight is 490 g/mol. The molecule has 0 bridgehead atoms. The Morgan fingerprint density at radius 3 is 2.19 bits per heavy atom. The van der Waals surface area contributed by atoms with E-state index in [9.17, 15) is 9.59 Å². The van der Waals surface area contributed by atoms with E-state index in [0.717, 1.165) is 26.8 Å². The van der Waals surface area contributed by atoms with E-state index in [-0.39, 0.29) is 17.9 Å². The van der Waals surface area contributed by atoms with Gasteiger partial charge in [-0.1, -0.05) is 52.3 Å². The topological polar surface area (TPSA) is 64.0 Å². The second-order valence-corrected chi connectivity index (χ2v) is 8.82. The van der Waals surface area contributed by atoms with Crippen LogP contribution in [0.25, 0.3) is 33.1 Å². The van der Waals surface area contributed by atoms with E-state index in [4.69, 9.17) is 0 Å². The van der Waals surface area contributed by atoms with Gasteiger partial charge in [0.1, 0.15) is 6.54 Å². The van der Waals surface area contributed by atoms with Gasteiger partial charge in [0.25, 0.3) is 0 Å². The van der Waals surface area contributed by atoms with Crippen molar-refractivity contribution in [2.24, 2.45) is 0 Å². The minimum absolute atomic E-state index is 0.0260. The van der Waals surface area contributed by atoms with Crippen molar-refractivity contribution in [3.8, 4) is 11.3 Å². The molecule has 152 valence electrons. The van der Waals surface area contributed by atoms with Crippen molar-refractivity contribution in [3.05, 3.63) is 92.9 Å². The Bertz CT molecular complexity index is 1430. The Balaban J connectivity index is 1.46. The second-order valence-electron chi connectivity index (χ2n) is 7.04. The van der Waals surface area contributed by atoms with Crippen molar-refractivity contribution >= 4 is 60.1 Å². The van der Waals surface area contributed by atoms with Crippen molar-refractivity contribution in [2.75, 3.05) is 5.32 Å². The number of para-hydroxylation sites is 2. The largest absolute Gasteiger partial charge is 0.331 e. The molecule has 7 heteroatoms. The number of halogens is 1. The molecule has 0 aliphatic rings. The quantitative estimate of drug-likeness (QED) is 0.330. The van der Waals surface area contributed by atoms with E-state index < -0.39 is 0 Å². The second kappa shape index (κ2) is 8.09. The molecule has 0 saturated carbocycles. The molecule has 0 spiro atoms. The zero-order chi connectivity index (χ0) is 21.4. The van der Waals surface area contributed by atoms with Gasteiger partial charge in [-0.05, 0) is 36.4 Å². The van der Waals surface area contributed by atoms with E-state index in [1.54, 1.807) is 12.1 Å². The fourth-order valence-electron chi connectivity index (χ4n) is 3.63. The summed E-state index contributed by atoms with van der Waals surface area (Å²) in [6.45, 7) is 0.0779. The van der Waals surface area contributed by atoms with Crippen LogP contribution in [0.4, 0.5) is 5.13 Å². The molecule has 3 aromatic carbocycles. The van der Waals surface area contributed by atoms with Crippen LogP contribution in [0, 0.1) is 0 Å². The van der Waals surface area contributed by atoms with Gasteiger partial charge in [-0.2, -0.15) is 0 Å². The number of pyridine rings is 1. The number of benzene rings is 3. The van der Waals surface area contributed by atoms with Crippen molar-refractivity contribution < 1.29 is 4.79 Å². The number of fused-ring (bicyclic) bond motifs is 2. The van der Waals surface area contributed by atoms with Gasteiger partial charge in [0.05, 0.1) is 16.7 Å². The predicted octanol–water partition coefficient (Wildman–Crippen LogP) is 5.68.